The molecule has 1 aliphatic heterocycles. The van der Waals surface area contributed by atoms with Gasteiger partial charge in [-0.15, -0.1) is 0 Å². The van der Waals surface area contributed by atoms with Crippen LogP contribution in [0.1, 0.15) is 24.8 Å². The second-order valence-corrected chi connectivity index (χ2v) is 5.43. The van der Waals surface area contributed by atoms with E-state index in [0.717, 1.165) is 12.8 Å². The lowest BCUT2D eigenvalue weighted by Gasteiger charge is -2.30. The highest BCUT2D eigenvalue weighted by Gasteiger charge is 2.27. The van der Waals surface area contributed by atoms with E-state index in [1.807, 2.05) is 16.8 Å². The molecule has 5 heteroatoms. The molecule has 1 aliphatic rings. The molecule has 0 saturated carbocycles. The van der Waals surface area contributed by atoms with Crippen molar-refractivity contribution < 1.29 is 14.7 Å². The van der Waals surface area contributed by atoms with Crippen LogP contribution in [0.2, 0.25) is 0 Å². The maximum absolute atomic E-state index is 12.0. The van der Waals surface area contributed by atoms with E-state index in [9.17, 15) is 9.59 Å². The van der Waals surface area contributed by atoms with Crippen molar-refractivity contribution in [3.05, 3.63) is 22.4 Å². The van der Waals surface area contributed by atoms with Gasteiger partial charge in [-0.25, -0.2) is 0 Å². The normalized spacial score (nSPS) is 19.8. The van der Waals surface area contributed by atoms with Crippen LogP contribution in [-0.2, 0) is 16.0 Å². The quantitative estimate of drug-likeness (QED) is 0.907. The van der Waals surface area contributed by atoms with Crippen LogP contribution in [0.5, 0.6) is 0 Å². The molecule has 1 saturated heterocycles. The number of carboxylic acids is 1. The standard InChI is InChI=1S/C13H17NO3S/c15-12(4-3-10-5-7-18-9-10)14-6-1-2-11(8-14)13(16)17/h5,7,9,11H,1-4,6,8H2,(H,16,17)/t11-/m1/s1. The molecule has 18 heavy (non-hydrogen) atoms. The smallest absolute Gasteiger partial charge is 0.308 e. The highest BCUT2D eigenvalue weighted by atomic mass is 32.1. The number of amides is 1. The number of aliphatic carboxylic acids is 1. The summed E-state index contributed by atoms with van der Waals surface area (Å²) in [7, 11) is 0. The summed E-state index contributed by atoms with van der Waals surface area (Å²) < 4.78 is 0. The van der Waals surface area contributed by atoms with Crippen LogP contribution >= 0.6 is 11.3 Å². The molecular weight excluding hydrogens is 250 g/mol. The van der Waals surface area contributed by atoms with Gasteiger partial charge in [0.15, 0.2) is 0 Å². The number of hydrogen-bond donors (Lipinski definition) is 1. The van der Waals surface area contributed by atoms with Gasteiger partial charge in [-0.3, -0.25) is 9.59 Å². The van der Waals surface area contributed by atoms with Gasteiger partial charge in [-0.1, -0.05) is 0 Å². The summed E-state index contributed by atoms with van der Waals surface area (Å²) >= 11 is 1.63. The number of likely N-dealkylation sites (tertiary alicyclic amines) is 1. The Morgan fingerprint density at radius 1 is 1.50 bits per heavy atom. The average Bonchev–Trinajstić information content (AvgIpc) is 2.89. The van der Waals surface area contributed by atoms with Crippen molar-refractivity contribution in [2.75, 3.05) is 13.1 Å². The highest BCUT2D eigenvalue weighted by molar-refractivity contribution is 7.07. The number of aryl methyl sites for hydroxylation is 1. The molecule has 1 atom stereocenters. The second-order valence-electron chi connectivity index (χ2n) is 4.65. The Morgan fingerprint density at radius 2 is 2.33 bits per heavy atom. The van der Waals surface area contributed by atoms with E-state index in [1.54, 1.807) is 16.2 Å². The van der Waals surface area contributed by atoms with Crippen LogP contribution in [-0.4, -0.2) is 35.0 Å². The van der Waals surface area contributed by atoms with E-state index in [4.69, 9.17) is 5.11 Å². The molecule has 0 radical (unpaired) electrons. The molecule has 0 unspecified atom stereocenters. The Morgan fingerprint density at radius 3 is 3.00 bits per heavy atom. The first-order chi connectivity index (χ1) is 8.66. The van der Waals surface area contributed by atoms with Crippen LogP contribution in [0.25, 0.3) is 0 Å². The fourth-order valence-corrected chi connectivity index (χ4v) is 2.95. The summed E-state index contributed by atoms with van der Waals surface area (Å²) in [6.07, 6.45) is 2.70. The number of nitrogens with zero attached hydrogens (tertiary/aromatic N) is 1. The topological polar surface area (TPSA) is 57.6 Å². The summed E-state index contributed by atoms with van der Waals surface area (Å²) in [5.41, 5.74) is 1.18. The molecule has 0 aliphatic carbocycles. The summed E-state index contributed by atoms with van der Waals surface area (Å²) in [6.45, 7) is 1.07. The summed E-state index contributed by atoms with van der Waals surface area (Å²) in [4.78, 5) is 24.6. The number of hydrogen-bond acceptors (Lipinski definition) is 3. The van der Waals surface area contributed by atoms with Gasteiger partial charge in [0, 0.05) is 19.5 Å². The Kier molecular flexibility index (Phi) is 4.36. The number of rotatable bonds is 4. The minimum Gasteiger partial charge on any atom is -0.481 e. The first kappa shape index (κ1) is 13.1. The van der Waals surface area contributed by atoms with Crippen LogP contribution in [0, 0.1) is 5.92 Å². The number of thiophene rings is 1. The van der Waals surface area contributed by atoms with Gasteiger partial charge in [0.1, 0.15) is 0 Å². The molecular formula is C13H17NO3S. The van der Waals surface area contributed by atoms with Crippen LogP contribution in [0.3, 0.4) is 0 Å². The maximum Gasteiger partial charge on any atom is 0.308 e. The molecule has 1 amide bonds. The predicted molar refractivity (Wildman–Crippen MR) is 69.6 cm³/mol. The summed E-state index contributed by atoms with van der Waals surface area (Å²) in [5.74, 6) is -1.10. The summed E-state index contributed by atoms with van der Waals surface area (Å²) in [5, 5.41) is 13.0. The third kappa shape index (κ3) is 3.32. The van der Waals surface area contributed by atoms with E-state index in [0.29, 0.717) is 25.9 Å². The molecule has 1 aromatic heterocycles. The average molecular weight is 267 g/mol. The second kappa shape index (κ2) is 6.00. The van der Waals surface area contributed by atoms with Crippen LogP contribution < -0.4 is 0 Å². The van der Waals surface area contributed by atoms with Gasteiger partial charge >= 0.3 is 5.97 Å². The van der Waals surface area contributed by atoms with Crippen molar-refractivity contribution in [2.24, 2.45) is 5.92 Å². The minimum absolute atomic E-state index is 0.0761. The van der Waals surface area contributed by atoms with Gasteiger partial charge in [0.25, 0.3) is 0 Å². The number of carbonyl (C=O) groups is 2. The van der Waals surface area contributed by atoms with E-state index < -0.39 is 5.97 Å². The van der Waals surface area contributed by atoms with E-state index in [1.165, 1.54) is 5.56 Å². The van der Waals surface area contributed by atoms with Gasteiger partial charge in [-0.2, -0.15) is 11.3 Å². The molecule has 2 heterocycles. The van der Waals surface area contributed by atoms with Gasteiger partial charge in [0.2, 0.25) is 5.91 Å². The fourth-order valence-electron chi connectivity index (χ4n) is 2.25. The lowest BCUT2D eigenvalue weighted by Crippen LogP contribution is -2.42. The molecule has 0 bridgehead atoms. The van der Waals surface area contributed by atoms with Crippen molar-refractivity contribution in [2.45, 2.75) is 25.7 Å². The molecule has 0 spiro atoms. The molecule has 1 fully saturated rings. The van der Waals surface area contributed by atoms with E-state index in [-0.39, 0.29) is 11.8 Å². The maximum atomic E-state index is 12.0. The van der Waals surface area contributed by atoms with Crippen molar-refractivity contribution >= 4 is 23.2 Å². The van der Waals surface area contributed by atoms with Crippen molar-refractivity contribution in [3.63, 3.8) is 0 Å². The Balaban J connectivity index is 1.83. The molecule has 1 N–H and O–H groups in total. The Bertz CT molecular complexity index is 416. The highest BCUT2D eigenvalue weighted by Crippen LogP contribution is 2.18. The zero-order valence-corrected chi connectivity index (χ0v) is 11.0. The van der Waals surface area contributed by atoms with E-state index in [2.05, 4.69) is 0 Å². The first-order valence-electron chi connectivity index (χ1n) is 6.18. The number of carbonyl (C=O) groups excluding carboxylic acids is 1. The van der Waals surface area contributed by atoms with Crippen LogP contribution in [0.4, 0.5) is 0 Å². The zero-order valence-electron chi connectivity index (χ0n) is 10.2. The summed E-state index contributed by atoms with van der Waals surface area (Å²) in [6, 6.07) is 2.02. The minimum atomic E-state index is -0.787. The monoisotopic (exact) mass is 267 g/mol. The fraction of sp³-hybridized carbons (Fsp3) is 0.538. The predicted octanol–water partition coefficient (Wildman–Crippen LogP) is 2.00. The Labute approximate surface area is 110 Å². The third-order valence-electron chi connectivity index (χ3n) is 3.33. The van der Waals surface area contributed by atoms with Crippen molar-refractivity contribution in [1.29, 1.82) is 0 Å². The molecule has 0 aromatic carbocycles. The van der Waals surface area contributed by atoms with E-state index >= 15 is 0 Å². The van der Waals surface area contributed by atoms with Gasteiger partial charge < -0.3 is 10.0 Å². The molecule has 98 valence electrons. The lowest BCUT2D eigenvalue weighted by molar-refractivity contribution is -0.145. The molecule has 1 aromatic rings. The van der Waals surface area contributed by atoms with Crippen molar-refractivity contribution in [3.8, 4) is 0 Å². The largest absolute Gasteiger partial charge is 0.481 e. The number of piperidine rings is 1. The van der Waals surface area contributed by atoms with Crippen molar-refractivity contribution in [1.82, 2.24) is 4.90 Å². The number of carboxylic acid groups (broad SMARTS) is 1. The SMILES string of the molecule is O=C(O)[C@@H]1CCCN(C(=O)CCc2ccsc2)C1. The Hall–Kier alpha value is -1.36. The van der Waals surface area contributed by atoms with Gasteiger partial charge in [0.05, 0.1) is 5.92 Å². The first-order valence-corrected chi connectivity index (χ1v) is 7.13. The lowest BCUT2D eigenvalue weighted by atomic mass is 9.98. The van der Waals surface area contributed by atoms with Crippen LogP contribution in [0.15, 0.2) is 16.8 Å². The third-order valence-corrected chi connectivity index (χ3v) is 4.06. The molecule has 4 nitrogen and oxygen atoms in total. The zero-order chi connectivity index (χ0) is 13.0. The van der Waals surface area contributed by atoms with Gasteiger partial charge in [-0.05, 0) is 41.7 Å². The molecule has 2 rings (SSSR count).